The van der Waals surface area contributed by atoms with Gasteiger partial charge in [0.15, 0.2) is 0 Å². The summed E-state index contributed by atoms with van der Waals surface area (Å²) in [7, 11) is 0. The summed E-state index contributed by atoms with van der Waals surface area (Å²) in [5.74, 6) is 0.641. The van der Waals surface area contributed by atoms with Crippen molar-refractivity contribution in [2.75, 3.05) is 13.2 Å². The summed E-state index contributed by atoms with van der Waals surface area (Å²) in [6.07, 6.45) is 6.35. The Labute approximate surface area is 109 Å². The molecule has 2 aromatic heterocycles. The molecule has 1 fully saturated rings. The molecule has 0 atom stereocenters. The zero-order valence-corrected chi connectivity index (χ0v) is 11.5. The molecule has 3 rings (SSSR count). The van der Waals surface area contributed by atoms with E-state index in [1.54, 1.807) is 0 Å². The first-order chi connectivity index (χ1) is 8.84. The molecule has 0 saturated carbocycles. The Bertz CT molecular complexity index is 498. The monoisotopic (exact) mass is 246 g/mol. The van der Waals surface area contributed by atoms with Gasteiger partial charge >= 0.3 is 0 Å². The van der Waals surface area contributed by atoms with Crippen LogP contribution in [-0.4, -0.2) is 22.8 Å². The zero-order valence-electron chi connectivity index (χ0n) is 11.5. The third kappa shape index (κ3) is 2.56. The van der Waals surface area contributed by atoms with Gasteiger partial charge in [-0.05, 0) is 42.9 Å². The predicted octanol–water partition coefficient (Wildman–Crippen LogP) is 3.56. The van der Waals surface area contributed by atoms with E-state index < -0.39 is 0 Å². The molecule has 0 unspecified atom stereocenters. The molecule has 98 valence electrons. The second-order valence-electron chi connectivity index (χ2n) is 4.51. The molecule has 3 nitrogen and oxygen atoms in total. The van der Waals surface area contributed by atoms with E-state index in [2.05, 4.69) is 30.4 Å². The summed E-state index contributed by atoms with van der Waals surface area (Å²) in [5.41, 5.74) is 3.83. The molecule has 2 aromatic rings. The van der Waals surface area contributed by atoms with E-state index in [1.165, 1.54) is 16.6 Å². The summed E-state index contributed by atoms with van der Waals surface area (Å²) in [6.45, 7) is 7.87. The van der Waals surface area contributed by atoms with Crippen molar-refractivity contribution in [3.63, 3.8) is 0 Å². The second-order valence-corrected chi connectivity index (χ2v) is 4.51. The second kappa shape index (κ2) is 6.01. The molecule has 0 spiro atoms. The highest BCUT2D eigenvalue weighted by Gasteiger charge is 2.16. The van der Waals surface area contributed by atoms with Crippen LogP contribution in [0.15, 0.2) is 24.5 Å². The van der Waals surface area contributed by atoms with E-state index in [4.69, 9.17) is 4.74 Å². The van der Waals surface area contributed by atoms with E-state index in [-0.39, 0.29) is 0 Å². The van der Waals surface area contributed by atoms with Gasteiger partial charge in [0.25, 0.3) is 0 Å². The molecule has 3 heterocycles. The molecule has 0 N–H and O–H groups in total. The minimum Gasteiger partial charge on any atom is -0.381 e. The van der Waals surface area contributed by atoms with E-state index in [1.807, 2.05) is 24.6 Å². The van der Waals surface area contributed by atoms with Crippen LogP contribution in [0.25, 0.3) is 5.52 Å². The van der Waals surface area contributed by atoms with Crippen LogP contribution in [0.3, 0.4) is 0 Å². The molecular weight excluding hydrogens is 224 g/mol. The summed E-state index contributed by atoms with van der Waals surface area (Å²) in [6, 6.07) is 4.41. The van der Waals surface area contributed by atoms with Gasteiger partial charge in [0.05, 0.1) is 11.7 Å². The Hall–Kier alpha value is -1.35. The smallest absolute Gasteiger partial charge is 0.0690 e. The average Bonchev–Trinajstić information content (AvgIpc) is 2.83. The van der Waals surface area contributed by atoms with Crippen molar-refractivity contribution in [3.05, 3.63) is 35.7 Å². The van der Waals surface area contributed by atoms with Gasteiger partial charge < -0.3 is 4.74 Å². The molecule has 3 heteroatoms. The van der Waals surface area contributed by atoms with Crippen LogP contribution in [-0.2, 0) is 4.74 Å². The molecule has 0 aliphatic carbocycles. The first-order valence-corrected chi connectivity index (χ1v) is 6.86. The van der Waals surface area contributed by atoms with Gasteiger partial charge in [0.1, 0.15) is 0 Å². The van der Waals surface area contributed by atoms with Gasteiger partial charge in [0, 0.05) is 19.4 Å². The lowest BCUT2D eigenvalue weighted by Gasteiger charge is -2.22. The summed E-state index contributed by atoms with van der Waals surface area (Å²) in [4.78, 5) is 0. The number of hydrogen-bond donors (Lipinski definition) is 0. The lowest BCUT2D eigenvalue weighted by Crippen LogP contribution is -2.14. The minimum absolute atomic E-state index is 0.641. The van der Waals surface area contributed by atoms with E-state index in [0.717, 1.165) is 26.1 Å². The van der Waals surface area contributed by atoms with Gasteiger partial charge in [-0.3, -0.25) is 0 Å². The van der Waals surface area contributed by atoms with Crippen molar-refractivity contribution in [3.8, 4) is 0 Å². The van der Waals surface area contributed by atoms with Gasteiger partial charge in [-0.1, -0.05) is 19.9 Å². The van der Waals surface area contributed by atoms with Gasteiger partial charge in [-0.15, -0.1) is 0 Å². The Balaban J connectivity index is 0.000000574. The van der Waals surface area contributed by atoms with Crippen LogP contribution in [0.4, 0.5) is 0 Å². The molecular formula is C15H22N2O. The number of hydrogen-bond acceptors (Lipinski definition) is 2. The molecule has 0 radical (unpaired) electrons. The minimum atomic E-state index is 0.641. The van der Waals surface area contributed by atoms with E-state index in [0.29, 0.717) is 5.92 Å². The van der Waals surface area contributed by atoms with E-state index in [9.17, 15) is 0 Å². The number of nitrogens with zero attached hydrogens (tertiary/aromatic N) is 2. The highest BCUT2D eigenvalue weighted by Crippen LogP contribution is 2.27. The summed E-state index contributed by atoms with van der Waals surface area (Å²) in [5, 5.41) is 4.36. The maximum Gasteiger partial charge on any atom is 0.0690 e. The largest absolute Gasteiger partial charge is 0.381 e. The van der Waals surface area contributed by atoms with Crippen LogP contribution in [0, 0.1) is 6.92 Å². The van der Waals surface area contributed by atoms with Gasteiger partial charge in [-0.25, -0.2) is 4.52 Å². The van der Waals surface area contributed by atoms with Crippen LogP contribution in [0.2, 0.25) is 0 Å². The SMILES string of the molecule is CC.Cc1cnn2cc(C3CCOCC3)ccc12. The van der Waals surface area contributed by atoms with Crippen molar-refractivity contribution in [2.24, 2.45) is 0 Å². The maximum absolute atomic E-state index is 5.39. The summed E-state index contributed by atoms with van der Waals surface area (Å²) >= 11 is 0. The zero-order chi connectivity index (χ0) is 13.0. The number of rotatable bonds is 1. The van der Waals surface area contributed by atoms with Crippen molar-refractivity contribution in [1.29, 1.82) is 0 Å². The van der Waals surface area contributed by atoms with Crippen LogP contribution in [0.5, 0.6) is 0 Å². The average molecular weight is 246 g/mol. The Morgan fingerprint density at radius 3 is 2.67 bits per heavy atom. The molecule has 1 aliphatic rings. The highest BCUT2D eigenvalue weighted by atomic mass is 16.5. The van der Waals surface area contributed by atoms with Crippen molar-refractivity contribution < 1.29 is 4.74 Å². The fourth-order valence-electron chi connectivity index (χ4n) is 2.40. The fraction of sp³-hybridized carbons (Fsp3) is 0.533. The normalized spacial score (nSPS) is 16.4. The Morgan fingerprint density at radius 1 is 1.22 bits per heavy atom. The van der Waals surface area contributed by atoms with Crippen LogP contribution in [0.1, 0.15) is 43.7 Å². The summed E-state index contributed by atoms with van der Waals surface area (Å²) < 4.78 is 7.38. The molecule has 1 aliphatic heterocycles. The molecule has 0 amide bonds. The Kier molecular flexibility index (Phi) is 4.37. The number of aromatic nitrogens is 2. The van der Waals surface area contributed by atoms with Crippen molar-refractivity contribution >= 4 is 5.52 Å². The first-order valence-electron chi connectivity index (χ1n) is 6.86. The number of fused-ring (bicyclic) bond motifs is 1. The third-order valence-corrected chi connectivity index (χ3v) is 3.42. The molecule has 18 heavy (non-hydrogen) atoms. The quantitative estimate of drug-likeness (QED) is 0.769. The number of ether oxygens (including phenoxy) is 1. The lowest BCUT2D eigenvalue weighted by molar-refractivity contribution is 0.0852. The molecule has 0 bridgehead atoms. The number of aryl methyl sites for hydroxylation is 1. The van der Waals surface area contributed by atoms with Crippen molar-refractivity contribution in [2.45, 2.75) is 39.5 Å². The highest BCUT2D eigenvalue weighted by molar-refractivity contribution is 5.53. The first kappa shape index (κ1) is 13.1. The van der Waals surface area contributed by atoms with E-state index >= 15 is 0 Å². The van der Waals surface area contributed by atoms with Crippen LogP contribution >= 0.6 is 0 Å². The Morgan fingerprint density at radius 2 is 1.94 bits per heavy atom. The van der Waals surface area contributed by atoms with Gasteiger partial charge in [0.2, 0.25) is 0 Å². The van der Waals surface area contributed by atoms with Crippen molar-refractivity contribution in [1.82, 2.24) is 9.61 Å². The van der Waals surface area contributed by atoms with Gasteiger partial charge in [-0.2, -0.15) is 5.10 Å². The molecule has 0 aromatic carbocycles. The van der Waals surface area contributed by atoms with Crippen LogP contribution < -0.4 is 0 Å². The third-order valence-electron chi connectivity index (χ3n) is 3.42. The fourth-order valence-corrected chi connectivity index (χ4v) is 2.40. The standard InChI is InChI=1S/C13H16N2O.C2H6/c1-10-8-14-15-9-12(2-3-13(10)15)11-4-6-16-7-5-11;1-2/h2-3,8-9,11H,4-7H2,1H3;1-2H3. The molecule has 1 saturated heterocycles. The number of pyridine rings is 1. The lowest BCUT2D eigenvalue weighted by atomic mass is 9.93. The topological polar surface area (TPSA) is 26.5 Å². The predicted molar refractivity (Wildman–Crippen MR) is 74.1 cm³/mol. The maximum atomic E-state index is 5.39.